The van der Waals surface area contributed by atoms with E-state index in [0.717, 1.165) is 10.9 Å². The highest BCUT2D eigenvalue weighted by molar-refractivity contribution is 9.10. The van der Waals surface area contributed by atoms with E-state index in [1.54, 1.807) is 0 Å². The molecule has 0 nitrogen and oxygen atoms in total. The van der Waals surface area contributed by atoms with Crippen molar-refractivity contribution in [3.63, 3.8) is 0 Å². The maximum absolute atomic E-state index is 6.32. The van der Waals surface area contributed by atoms with Crippen molar-refractivity contribution in [3.05, 3.63) is 69.7 Å². The van der Waals surface area contributed by atoms with Crippen molar-refractivity contribution in [2.75, 3.05) is 11.8 Å². The summed E-state index contributed by atoms with van der Waals surface area (Å²) in [4.78, 5) is 0. The number of aryl methyl sites for hydroxylation is 1. The van der Waals surface area contributed by atoms with E-state index in [0.29, 0.717) is 11.8 Å². The molecule has 0 bridgehead atoms. The van der Waals surface area contributed by atoms with Gasteiger partial charge in [0.05, 0.1) is 0 Å². The fraction of sp³-hybridized carbons (Fsp3) is 0.294. The highest BCUT2D eigenvalue weighted by Crippen LogP contribution is 2.34. The predicted molar refractivity (Wildman–Crippen MR) is 92.1 cm³/mol. The zero-order valence-electron chi connectivity index (χ0n) is 11.4. The van der Waals surface area contributed by atoms with Gasteiger partial charge in [-0.3, -0.25) is 0 Å². The summed E-state index contributed by atoms with van der Waals surface area (Å²) >= 11 is 16.1. The molecule has 3 heteroatoms. The molecule has 0 aliphatic rings. The zero-order valence-corrected chi connectivity index (χ0v) is 14.5. The molecule has 0 spiro atoms. The second kappa shape index (κ2) is 6.98. The molecule has 0 aliphatic carbocycles. The summed E-state index contributed by atoms with van der Waals surface area (Å²) in [6.45, 7) is 2.12. The summed E-state index contributed by atoms with van der Waals surface area (Å²) in [5.41, 5.74) is 3.51. The van der Waals surface area contributed by atoms with Gasteiger partial charge in [-0.1, -0.05) is 52.3 Å². The average Bonchev–Trinajstić information content (AvgIpc) is 2.48. The van der Waals surface area contributed by atoms with Gasteiger partial charge in [0, 0.05) is 21.6 Å². The molecule has 0 amide bonds. The molecule has 0 aliphatic heterocycles. The first-order chi connectivity index (χ1) is 9.61. The second-order valence-electron chi connectivity index (χ2n) is 5.17. The topological polar surface area (TPSA) is 0 Å². The Bertz CT molecular complexity index is 559. The van der Waals surface area contributed by atoms with E-state index in [4.69, 9.17) is 23.2 Å². The first kappa shape index (κ1) is 15.9. The molecule has 0 saturated heterocycles. The van der Waals surface area contributed by atoms with E-state index in [1.165, 1.54) is 16.7 Å². The molecule has 0 radical (unpaired) electrons. The normalized spacial score (nSPS) is 11.6. The number of halogens is 3. The summed E-state index contributed by atoms with van der Waals surface area (Å²) in [5.74, 6) is 1.02. The Morgan fingerprint density at radius 1 is 0.950 bits per heavy atom. The van der Waals surface area contributed by atoms with Gasteiger partial charge in [0.1, 0.15) is 0 Å². The Kier molecular flexibility index (Phi) is 5.54. The lowest BCUT2D eigenvalue weighted by molar-refractivity contribution is 0.533. The molecule has 0 aromatic heterocycles. The minimum Gasteiger partial charge on any atom is -0.126 e. The maximum atomic E-state index is 6.32. The van der Waals surface area contributed by atoms with Gasteiger partial charge in [-0.15, -0.1) is 23.2 Å². The van der Waals surface area contributed by atoms with Crippen LogP contribution in [0.25, 0.3) is 0 Å². The van der Waals surface area contributed by atoms with Gasteiger partial charge < -0.3 is 0 Å². The van der Waals surface area contributed by atoms with Gasteiger partial charge in [-0.05, 0) is 42.2 Å². The standard InChI is InChI=1S/C17H17BrCl2/c1-13-4-2-3-5-16(13)17(11-19,12-20)10-14-6-8-15(18)9-7-14/h2-9H,10-12H2,1H3. The van der Waals surface area contributed by atoms with E-state index in [1.807, 2.05) is 6.07 Å². The lowest BCUT2D eigenvalue weighted by atomic mass is 9.77. The summed E-state index contributed by atoms with van der Waals surface area (Å²) in [6, 6.07) is 16.7. The largest absolute Gasteiger partial charge is 0.126 e. The smallest absolute Gasteiger partial charge is 0.0335 e. The average molecular weight is 372 g/mol. The fourth-order valence-corrected chi connectivity index (χ4v) is 3.56. The highest BCUT2D eigenvalue weighted by atomic mass is 79.9. The molecule has 20 heavy (non-hydrogen) atoms. The molecule has 0 saturated carbocycles. The minimum atomic E-state index is -0.220. The van der Waals surface area contributed by atoms with Crippen LogP contribution >= 0.6 is 39.1 Å². The number of rotatable bonds is 5. The zero-order chi connectivity index (χ0) is 14.6. The van der Waals surface area contributed by atoms with Crippen LogP contribution in [0.1, 0.15) is 16.7 Å². The number of alkyl halides is 2. The molecule has 2 aromatic rings. The number of benzene rings is 2. The third-order valence-corrected chi connectivity index (χ3v) is 5.24. The quantitative estimate of drug-likeness (QED) is 0.590. The molecule has 2 aromatic carbocycles. The van der Waals surface area contributed by atoms with E-state index in [9.17, 15) is 0 Å². The van der Waals surface area contributed by atoms with Crippen LogP contribution in [0, 0.1) is 6.92 Å². The van der Waals surface area contributed by atoms with E-state index < -0.39 is 0 Å². The van der Waals surface area contributed by atoms with Gasteiger partial charge in [0.25, 0.3) is 0 Å². The van der Waals surface area contributed by atoms with Crippen LogP contribution in [-0.2, 0) is 11.8 Å². The van der Waals surface area contributed by atoms with Crippen LogP contribution in [0.3, 0.4) is 0 Å². The second-order valence-corrected chi connectivity index (χ2v) is 6.62. The Morgan fingerprint density at radius 3 is 2.10 bits per heavy atom. The van der Waals surface area contributed by atoms with Crippen LogP contribution in [-0.4, -0.2) is 11.8 Å². The molecule has 0 unspecified atom stereocenters. The van der Waals surface area contributed by atoms with Crippen LogP contribution in [0.15, 0.2) is 53.0 Å². The first-order valence-electron chi connectivity index (χ1n) is 6.54. The third-order valence-electron chi connectivity index (χ3n) is 3.68. The molecular weight excluding hydrogens is 355 g/mol. The number of hydrogen-bond acceptors (Lipinski definition) is 0. The molecule has 0 fully saturated rings. The molecule has 2 rings (SSSR count). The SMILES string of the molecule is Cc1ccccc1C(CCl)(CCl)Cc1ccc(Br)cc1. The van der Waals surface area contributed by atoms with E-state index in [2.05, 4.69) is 65.3 Å². The summed E-state index contributed by atoms with van der Waals surface area (Å²) < 4.78 is 1.08. The van der Waals surface area contributed by atoms with Crippen molar-refractivity contribution in [2.24, 2.45) is 0 Å². The maximum Gasteiger partial charge on any atom is 0.0335 e. The van der Waals surface area contributed by atoms with Crippen molar-refractivity contribution in [3.8, 4) is 0 Å². The molecule has 106 valence electrons. The van der Waals surface area contributed by atoms with Crippen molar-refractivity contribution in [1.82, 2.24) is 0 Å². The van der Waals surface area contributed by atoms with Gasteiger partial charge in [-0.2, -0.15) is 0 Å². The molecule has 0 heterocycles. The Labute approximate surface area is 139 Å². The van der Waals surface area contributed by atoms with Crippen molar-refractivity contribution < 1.29 is 0 Å². The van der Waals surface area contributed by atoms with E-state index >= 15 is 0 Å². The van der Waals surface area contributed by atoms with Gasteiger partial charge in [-0.25, -0.2) is 0 Å². The minimum absolute atomic E-state index is 0.220. The lowest BCUT2D eigenvalue weighted by Gasteiger charge is -2.32. The fourth-order valence-electron chi connectivity index (χ4n) is 2.53. The van der Waals surface area contributed by atoms with Crippen molar-refractivity contribution in [1.29, 1.82) is 0 Å². The third kappa shape index (κ3) is 3.39. The van der Waals surface area contributed by atoms with Crippen LogP contribution < -0.4 is 0 Å². The lowest BCUT2D eigenvalue weighted by Crippen LogP contribution is -2.34. The predicted octanol–water partition coefficient (Wildman–Crippen LogP) is 5.72. The summed E-state index contributed by atoms with van der Waals surface area (Å²) in [6.07, 6.45) is 0.845. The summed E-state index contributed by atoms with van der Waals surface area (Å²) in [5, 5.41) is 0. The molecule has 0 N–H and O–H groups in total. The van der Waals surface area contributed by atoms with Crippen LogP contribution in [0.2, 0.25) is 0 Å². The van der Waals surface area contributed by atoms with Crippen molar-refractivity contribution in [2.45, 2.75) is 18.8 Å². The Morgan fingerprint density at radius 2 is 1.55 bits per heavy atom. The monoisotopic (exact) mass is 370 g/mol. The molecule has 0 atom stereocenters. The van der Waals surface area contributed by atoms with Crippen LogP contribution in [0.4, 0.5) is 0 Å². The Hall–Kier alpha value is -0.500. The number of hydrogen-bond donors (Lipinski definition) is 0. The highest BCUT2D eigenvalue weighted by Gasteiger charge is 2.32. The van der Waals surface area contributed by atoms with E-state index in [-0.39, 0.29) is 5.41 Å². The first-order valence-corrected chi connectivity index (χ1v) is 8.40. The van der Waals surface area contributed by atoms with Crippen LogP contribution in [0.5, 0.6) is 0 Å². The molecular formula is C17H17BrCl2. The van der Waals surface area contributed by atoms with Gasteiger partial charge >= 0.3 is 0 Å². The van der Waals surface area contributed by atoms with Gasteiger partial charge in [0.2, 0.25) is 0 Å². The van der Waals surface area contributed by atoms with Crippen molar-refractivity contribution >= 4 is 39.1 Å². The van der Waals surface area contributed by atoms with Gasteiger partial charge in [0.15, 0.2) is 0 Å². The Balaban J connectivity index is 2.39. The summed E-state index contributed by atoms with van der Waals surface area (Å²) in [7, 11) is 0.